The second-order valence-corrected chi connectivity index (χ2v) is 9.05. The molecule has 8 heteroatoms. The van der Waals surface area contributed by atoms with Gasteiger partial charge in [-0.1, -0.05) is 45.7 Å². The lowest BCUT2D eigenvalue weighted by Gasteiger charge is -2.13. The van der Waals surface area contributed by atoms with E-state index in [-0.39, 0.29) is 24.3 Å². The molecule has 0 N–H and O–H groups in total. The van der Waals surface area contributed by atoms with Gasteiger partial charge in [-0.25, -0.2) is 0 Å². The van der Waals surface area contributed by atoms with Gasteiger partial charge in [0.1, 0.15) is 23.9 Å². The summed E-state index contributed by atoms with van der Waals surface area (Å²) in [5.41, 5.74) is 2.05. The molecule has 1 aromatic heterocycles. The number of benzene rings is 2. The first-order valence-corrected chi connectivity index (χ1v) is 11.4. The molecule has 158 valence electrons. The van der Waals surface area contributed by atoms with Crippen LogP contribution >= 0.6 is 39.3 Å². The van der Waals surface area contributed by atoms with Crippen molar-refractivity contribution < 1.29 is 18.7 Å². The van der Waals surface area contributed by atoms with Gasteiger partial charge in [0.2, 0.25) is 0 Å². The van der Waals surface area contributed by atoms with Crippen molar-refractivity contribution in [1.82, 2.24) is 4.90 Å². The number of furan rings is 1. The van der Waals surface area contributed by atoms with Gasteiger partial charge in [-0.2, -0.15) is 0 Å². The van der Waals surface area contributed by atoms with E-state index in [9.17, 15) is 9.59 Å². The van der Waals surface area contributed by atoms with Gasteiger partial charge >= 0.3 is 0 Å². The number of carbonyl (C=O) groups is 2. The highest BCUT2D eigenvalue weighted by molar-refractivity contribution is 9.10. The minimum atomic E-state index is -0.368. The topological polar surface area (TPSA) is 59.8 Å². The van der Waals surface area contributed by atoms with Crippen LogP contribution in [-0.4, -0.2) is 29.2 Å². The van der Waals surface area contributed by atoms with Gasteiger partial charge in [0.25, 0.3) is 11.1 Å². The normalized spacial score (nSPS) is 15.2. The van der Waals surface area contributed by atoms with Crippen LogP contribution in [0, 0.1) is 6.92 Å². The zero-order valence-electron chi connectivity index (χ0n) is 16.4. The van der Waals surface area contributed by atoms with Crippen molar-refractivity contribution in [1.29, 1.82) is 0 Å². The van der Waals surface area contributed by atoms with Gasteiger partial charge in [-0.15, -0.1) is 0 Å². The van der Waals surface area contributed by atoms with E-state index >= 15 is 0 Å². The van der Waals surface area contributed by atoms with Gasteiger partial charge in [0.05, 0.1) is 16.5 Å². The number of thioether (sulfide) groups is 1. The maximum atomic E-state index is 12.7. The zero-order valence-corrected chi connectivity index (χ0v) is 19.6. The van der Waals surface area contributed by atoms with Crippen LogP contribution in [0.15, 0.2) is 68.4 Å². The van der Waals surface area contributed by atoms with Gasteiger partial charge in [-0.3, -0.25) is 14.5 Å². The Balaban J connectivity index is 1.44. The maximum absolute atomic E-state index is 12.7. The number of rotatable bonds is 6. The summed E-state index contributed by atoms with van der Waals surface area (Å²) in [4.78, 5) is 26.5. The molecule has 4 rings (SSSR count). The first-order valence-electron chi connectivity index (χ1n) is 9.41. The number of carbonyl (C=O) groups excluding carboxylic acids is 2. The molecule has 2 heterocycles. The third kappa shape index (κ3) is 4.89. The Kier molecular flexibility index (Phi) is 6.55. The Morgan fingerprint density at radius 3 is 2.74 bits per heavy atom. The van der Waals surface area contributed by atoms with Crippen molar-refractivity contribution in [3.63, 3.8) is 0 Å². The number of ether oxygens (including phenoxy) is 1. The summed E-state index contributed by atoms with van der Waals surface area (Å²) in [6.45, 7) is 2.30. The van der Waals surface area contributed by atoms with Crippen LogP contribution in [0.4, 0.5) is 4.79 Å². The van der Waals surface area contributed by atoms with Crippen LogP contribution in [0.1, 0.15) is 11.3 Å². The average molecular weight is 519 g/mol. The molecule has 0 aliphatic carbocycles. The van der Waals surface area contributed by atoms with Crippen molar-refractivity contribution in [2.45, 2.75) is 6.92 Å². The predicted octanol–water partition coefficient (Wildman–Crippen LogP) is 6.79. The molecule has 1 aliphatic rings. The number of hydrogen-bond acceptors (Lipinski definition) is 5. The van der Waals surface area contributed by atoms with Gasteiger partial charge in [-0.05, 0) is 60.6 Å². The maximum Gasteiger partial charge on any atom is 0.293 e. The minimum Gasteiger partial charge on any atom is -0.490 e. The largest absolute Gasteiger partial charge is 0.490 e. The van der Waals surface area contributed by atoms with E-state index in [1.54, 1.807) is 36.4 Å². The van der Waals surface area contributed by atoms with E-state index in [0.717, 1.165) is 32.3 Å². The van der Waals surface area contributed by atoms with Crippen LogP contribution in [0.5, 0.6) is 5.75 Å². The summed E-state index contributed by atoms with van der Waals surface area (Å²) in [6.07, 6.45) is 1.59. The van der Waals surface area contributed by atoms with Crippen molar-refractivity contribution in [3.8, 4) is 17.1 Å². The average Bonchev–Trinajstić information content (AvgIpc) is 3.29. The second-order valence-electron chi connectivity index (χ2n) is 6.80. The number of imide groups is 1. The fourth-order valence-corrected chi connectivity index (χ4v) is 4.75. The van der Waals surface area contributed by atoms with Crippen molar-refractivity contribution in [2.75, 3.05) is 13.2 Å². The molecule has 0 unspecified atom stereocenters. The first kappa shape index (κ1) is 21.7. The standard InChI is InChI=1S/C23H17BrClNO4S/c1-14-6-8-16(17(24)12-14)19-9-7-15(30-19)13-21-22(27)26(23(28)31-21)10-11-29-20-5-3-2-4-18(20)25/h2-9,12-13H,10-11H2,1H3/b21-13-. The van der Waals surface area contributed by atoms with Crippen molar-refractivity contribution >= 4 is 56.5 Å². The Hall–Kier alpha value is -2.48. The molecular weight excluding hydrogens is 502 g/mol. The third-order valence-corrected chi connectivity index (χ3v) is 6.45. The Bertz CT molecular complexity index is 1190. The lowest BCUT2D eigenvalue weighted by Crippen LogP contribution is -2.32. The summed E-state index contributed by atoms with van der Waals surface area (Å²) in [5.74, 6) is 1.31. The van der Waals surface area contributed by atoms with Crippen LogP contribution in [-0.2, 0) is 4.79 Å². The first-order chi connectivity index (χ1) is 14.9. The molecule has 1 saturated heterocycles. The molecule has 0 spiro atoms. The van der Waals surface area contributed by atoms with Crippen molar-refractivity contribution in [2.24, 2.45) is 0 Å². The highest BCUT2D eigenvalue weighted by atomic mass is 79.9. The fraction of sp³-hybridized carbons (Fsp3) is 0.130. The van der Waals surface area contributed by atoms with E-state index in [0.29, 0.717) is 27.2 Å². The van der Waals surface area contributed by atoms with Gasteiger partial charge in [0, 0.05) is 16.1 Å². The molecule has 0 bridgehead atoms. The van der Waals surface area contributed by atoms with E-state index < -0.39 is 0 Å². The fourth-order valence-electron chi connectivity index (χ4n) is 3.03. The van der Waals surface area contributed by atoms with Crippen LogP contribution in [0.25, 0.3) is 17.4 Å². The van der Waals surface area contributed by atoms with Gasteiger partial charge in [0.15, 0.2) is 0 Å². The molecule has 31 heavy (non-hydrogen) atoms. The molecular formula is C23H17BrClNO4S. The number of aryl methyl sites for hydroxylation is 1. The smallest absolute Gasteiger partial charge is 0.293 e. The molecule has 2 amide bonds. The lowest BCUT2D eigenvalue weighted by molar-refractivity contribution is -0.123. The zero-order chi connectivity index (χ0) is 22.0. The number of halogens is 2. The monoisotopic (exact) mass is 517 g/mol. The highest BCUT2D eigenvalue weighted by Crippen LogP contribution is 2.35. The number of amides is 2. The Labute approximate surface area is 197 Å². The summed E-state index contributed by atoms with van der Waals surface area (Å²) >= 11 is 10.5. The van der Waals surface area contributed by atoms with E-state index in [1.807, 2.05) is 31.2 Å². The summed E-state index contributed by atoms with van der Waals surface area (Å²) < 4.78 is 12.4. The predicted molar refractivity (Wildman–Crippen MR) is 126 cm³/mol. The van der Waals surface area contributed by atoms with Crippen molar-refractivity contribution in [3.05, 3.63) is 80.3 Å². The Morgan fingerprint density at radius 2 is 1.97 bits per heavy atom. The van der Waals surface area contributed by atoms with Crippen LogP contribution in [0.3, 0.4) is 0 Å². The van der Waals surface area contributed by atoms with Crippen LogP contribution < -0.4 is 4.74 Å². The number of para-hydroxylation sites is 1. The third-order valence-electron chi connectivity index (χ3n) is 4.57. The molecule has 2 aromatic carbocycles. The molecule has 5 nitrogen and oxygen atoms in total. The summed E-state index contributed by atoms with van der Waals surface area (Å²) in [5, 5.41) is 0.137. The second kappa shape index (κ2) is 9.34. The molecule has 3 aromatic rings. The van der Waals surface area contributed by atoms with E-state index in [4.69, 9.17) is 20.8 Å². The molecule has 1 fully saturated rings. The molecule has 0 saturated carbocycles. The number of hydrogen-bond donors (Lipinski definition) is 0. The Morgan fingerprint density at radius 1 is 1.16 bits per heavy atom. The van der Waals surface area contributed by atoms with Crippen LogP contribution in [0.2, 0.25) is 5.02 Å². The summed E-state index contributed by atoms with van der Waals surface area (Å²) in [7, 11) is 0. The molecule has 0 atom stereocenters. The van der Waals surface area contributed by atoms with E-state index in [2.05, 4.69) is 15.9 Å². The SMILES string of the molecule is Cc1ccc(-c2ccc(/C=C3\SC(=O)N(CCOc4ccccc4Cl)C3=O)o2)c(Br)c1. The highest BCUT2D eigenvalue weighted by Gasteiger charge is 2.35. The molecule has 0 radical (unpaired) electrons. The van der Waals surface area contributed by atoms with Gasteiger partial charge < -0.3 is 9.15 Å². The minimum absolute atomic E-state index is 0.132. The number of nitrogens with zero attached hydrogens (tertiary/aromatic N) is 1. The quantitative estimate of drug-likeness (QED) is 0.336. The lowest BCUT2D eigenvalue weighted by atomic mass is 10.1. The summed E-state index contributed by atoms with van der Waals surface area (Å²) in [6, 6.07) is 16.6. The molecule has 1 aliphatic heterocycles. The van der Waals surface area contributed by atoms with E-state index in [1.165, 1.54) is 0 Å².